The molecular formula is C7H17BrN2S. The monoisotopic (exact) mass is 240 g/mol. The molecule has 0 rings (SSSR count). The van der Waals surface area contributed by atoms with Gasteiger partial charge in [0.2, 0.25) is 0 Å². The van der Waals surface area contributed by atoms with Crippen molar-refractivity contribution in [3.63, 3.8) is 0 Å². The van der Waals surface area contributed by atoms with E-state index in [-0.39, 0.29) is 17.0 Å². The first-order chi connectivity index (χ1) is 4.70. The molecule has 1 unspecified atom stereocenters. The fourth-order valence-electron chi connectivity index (χ4n) is 0.494. The predicted molar refractivity (Wildman–Crippen MR) is 59.8 cm³/mol. The summed E-state index contributed by atoms with van der Waals surface area (Å²) in [6.45, 7) is 6.25. The number of aliphatic imine (C=N–C) groups is 1. The zero-order valence-corrected chi connectivity index (χ0v) is 9.86. The number of hydrogen-bond acceptors (Lipinski definition) is 2. The normalized spacial score (nSPS) is 13.9. The molecule has 0 aliphatic rings. The van der Waals surface area contributed by atoms with Crippen LogP contribution in [0.15, 0.2) is 4.99 Å². The third-order valence-corrected chi connectivity index (χ3v) is 1.92. The number of nitrogens with zero attached hydrogens (tertiary/aromatic N) is 1. The van der Waals surface area contributed by atoms with E-state index in [0.717, 1.165) is 17.3 Å². The van der Waals surface area contributed by atoms with Crippen LogP contribution in [-0.4, -0.2) is 17.0 Å². The van der Waals surface area contributed by atoms with E-state index < -0.39 is 0 Å². The number of rotatable bonds is 3. The molecule has 0 aromatic heterocycles. The molecule has 0 aliphatic carbocycles. The number of hydrogen-bond donors (Lipinski definition) is 1. The first-order valence-electron chi connectivity index (χ1n) is 3.66. The second-order valence-electron chi connectivity index (χ2n) is 2.16. The molecule has 11 heavy (non-hydrogen) atoms. The number of halogens is 1. The highest BCUT2D eigenvalue weighted by molar-refractivity contribution is 8.93. The maximum Gasteiger partial charge on any atom is 0.154 e. The Balaban J connectivity index is 0. The van der Waals surface area contributed by atoms with Gasteiger partial charge in [0, 0.05) is 6.04 Å². The van der Waals surface area contributed by atoms with Crippen LogP contribution in [0.25, 0.3) is 0 Å². The van der Waals surface area contributed by atoms with E-state index in [1.807, 2.05) is 0 Å². The number of nitrogens with two attached hydrogens (primary N) is 1. The fraction of sp³-hybridized carbons (Fsp3) is 0.857. The van der Waals surface area contributed by atoms with E-state index in [4.69, 9.17) is 5.73 Å². The van der Waals surface area contributed by atoms with Crippen LogP contribution < -0.4 is 5.73 Å². The summed E-state index contributed by atoms with van der Waals surface area (Å²) < 4.78 is 0. The lowest BCUT2D eigenvalue weighted by molar-refractivity contribution is 0.718. The van der Waals surface area contributed by atoms with Gasteiger partial charge >= 0.3 is 0 Å². The Kier molecular flexibility index (Phi) is 10.6. The quantitative estimate of drug-likeness (QED) is 0.608. The van der Waals surface area contributed by atoms with Gasteiger partial charge in [-0.15, -0.1) is 17.0 Å². The molecule has 1 atom stereocenters. The maximum absolute atomic E-state index is 5.57. The molecule has 0 radical (unpaired) electrons. The smallest absolute Gasteiger partial charge is 0.154 e. The van der Waals surface area contributed by atoms with Gasteiger partial charge in [0.1, 0.15) is 0 Å². The van der Waals surface area contributed by atoms with E-state index in [9.17, 15) is 0 Å². The van der Waals surface area contributed by atoms with E-state index in [0.29, 0.717) is 6.04 Å². The third kappa shape index (κ3) is 8.20. The van der Waals surface area contributed by atoms with Crippen molar-refractivity contribution in [2.75, 3.05) is 5.75 Å². The van der Waals surface area contributed by atoms with Crippen molar-refractivity contribution < 1.29 is 0 Å². The van der Waals surface area contributed by atoms with Crippen molar-refractivity contribution in [1.29, 1.82) is 0 Å². The molecule has 0 aromatic rings. The molecule has 0 aromatic carbocycles. The minimum atomic E-state index is 0. The molecule has 2 nitrogen and oxygen atoms in total. The molecule has 0 saturated carbocycles. The third-order valence-electron chi connectivity index (χ3n) is 1.23. The first kappa shape index (κ1) is 13.9. The number of amidine groups is 1. The Bertz CT molecular complexity index is 117. The number of thioether (sulfide) groups is 1. The van der Waals surface area contributed by atoms with Gasteiger partial charge in [0.05, 0.1) is 0 Å². The molecule has 68 valence electrons. The zero-order valence-electron chi connectivity index (χ0n) is 7.33. The lowest BCUT2D eigenvalue weighted by atomic mass is 10.3. The van der Waals surface area contributed by atoms with Gasteiger partial charge < -0.3 is 5.73 Å². The van der Waals surface area contributed by atoms with Crippen LogP contribution in [-0.2, 0) is 0 Å². The summed E-state index contributed by atoms with van der Waals surface area (Å²) in [7, 11) is 0. The van der Waals surface area contributed by atoms with E-state index in [2.05, 4.69) is 25.8 Å². The van der Waals surface area contributed by atoms with Crippen LogP contribution in [0.2, 0.25) is 0 Å². The molecular weight excluding hydrogens is 224 g/mol. The van der Waals surface area contributed by atoms with Gasteiger partial charge in [-0.05, 0) is 19.1 Å². The Morgan fingerprint density at radius 1 is 1.55 bits per heavy atom. The van der Waals surface area contributed by atoms with Crippen molar-refractivity contribution in [3.05, 3.63) is 0 Å². The van der Waals surface area contributed by atoms with Crippen LogP contribution in [0.5, 0.6) is 0 Å². The van der Waals surface area contributed by atoms with E-state index in [1.165, 1.54) is 0 Å². The van der Waals surface area contributed by atoms with Crippen LogP contribution in [0.3, 0.4) is 0 Å². The Morgan fingerprint density at radius 2 is 2.09 bits per heavy atom. The summed E-state index contributed by atoms with van der Waals surface area (Å²) in [5, 5.41) is 0.719. The van der Waals surface area contributed by atoms with Gasteiger partial charge in [-0.1, -0.05) is 25.6 Å². The fourth-order valence-corrected chi connectivity index (χ4v) is 1.04. The van der Waals surface area contributed by atoms with Crippen molar-refractivity contribution in [2.45, 2.75) is 33.2 Å². The minimum Gasteiger partial charge on any atom is -0.379 e. The lowest BCUT2D eigenvalue weighted by Gasteiger charge is -2.02. The summed E-state index contributed by atoms with van der Waals surface area (Å²) in [5.74, 6) is 1.01. The molecule has 0 bridgehead atoms. The Labute approximate surface area is 83.8 Å². The highest BCUT2D eigenvalue weighted by Gasteiger charge is 1.95. The SMILES string of the molecule is Br.CCSC(N)=NC(C)CC. The Hall–Kier alpha value is 0.300. The average molecular weight is 241 g/mol. The average Bonchev–Trinajstić information content (AvgIpc) is 1.88. The maximum atomic E-state index is 5.57. The van der Waals surface area contributed by atoms with Crippen molar-refractivity contribution in [3.8, 4) is 0 Å². The first-order valence-corrected chi connectivity index (χ1v) is 4.65. The van der Waals surface area contributed by atoms with E-state index >= 15 is 0 Å². The second-order valence-corrected chi connectivity index (χ2v) is 3.44. The van der Waals surface area contributed by atoms with Crippen LogP contribution in [0.1, 0.15) is 27.2 Å². The van der Waals surface area contributed by atoms with Crippen molar-refractivity contribution in [1.82, 2.24) is 0 Å². The highest BCUT2D eigenvalue weighted by Crippen LogP contribution is 2.02. The molecule has 4 heteroatoms. The van der Waals surface area contributed by atoms with Crippen molar-refractivity contribution >= 4 is 33.9 Å². The van der Waals surface area contributed by atoms with Crippen LogP contribution >= 0.6 is 28.7 Å². The zero-order chi connectivity index (χ0) is 7.98. The summed E-state index contributed by atoms with van der Waals surface area (Å²) in [4.78, 5) is 4.24. The van der Waals surface area contributed by atoms with E-state index in [1.54, 1.807) is 11.8 Å². The largest absolute Gasteiger partial charge is 0.379 e. The van der Waals surface area contributed by atoms with Gasteiger partial charge in [0.25, 0.3) is 0 Å². The van der Waals surface area contributed by atoms with Gasteiger partial charge in [-0.25, -0.2) is 0 Å². The lowest BCUT2D eigenvalue weighted by Crippen LogP contribution is -2.10. The van der Waals surface area contributed by atoms with Crippen molar-refractivity contribution in [2.24, 2.45) is 10.7 Å². The molecule has 0 spiro atoms. The standard InChI is InChI=1S/C7H16N2S.BrH/c1-4-6(3)9-7(8)10-5-2;/h6H,4-5H2,1-3H3,(H2,8,9);1H. The molecule has 0 amide bonds. The van der Waals surface area contributed by atoms with Crippen LogP contribution in [0, 0.1) is 0 Å². The molecule has 0 fully saturated rings. The molecule has 0 aliphatic heterocycles. The molecule has 2 N–H and O–H groups in total. The second kappa shape index (κ2) is 8.40. The van der Waals surface area contributed by atoms with Gasteiger partial charge in [-0.2, -0.15) is 0 Å². The summed E-state index contributed by atoms with van der Waals surface area (Å²) in [6, 6.07) is 0.374. The highest BCUT2D eigenvalue weighted by atomic mass is 79.9. The predicted octanol–water partition coefficient (Wildman–Crippen LogP) is 2.43. The minimum absolute atomic E-state index is 0. The van der Waals surface area contributed by atoms with Gasteiger partial charge in [-0.3, -0.25) is 4.99 Å². The topological polar surface area (TPSA) is 38.4 Å². The van der Waals surface area contributed by atoms with Crippen LogP contribution in [0.4, 0.5) is 0 Å². The summed E-state index contributed by atoms with van der Waals surface area (Å²) >= 11 is 1.60. The molecule has 0 heterocycles. The van der Waals surface area contributed by atoms with Gasteiger partial charge in [0.15, 0.2) is 5.17 Å². The Morgan fingerprint density at radius 3 is 2.45 bits per heavy atom. The summed E-state index contributed by atoms with van der Waals surface area (Å²) in [5.41, 5.74) is 5.57. The summed E-state index contributed by atoms with van der Waals surface area (Å²) in [6.07, 6.45) is 1.06. The molecule has 0 saturated heterocycles.